The normalized spacial score (nSPS) is 19.7. The molecule has 0 bridgehead atoms. The van der Waals surface area contributed by atoms with Gasteiger partial charge in [0.25, 0.3) is 0 Å². The van der Waals surface area contributed by atoms with Crippen molar-refractivity contribution < 1.29 is 9.84 Å². The molecule has 2 aliphatic rings. The largest absolute Gasteiger partial charge is 0.472 e. The van der Waals surface area contributed by atoms with Gasteiger partial charge in [-0.1, -0.05) is 0 Å². The molecule has 7 heteroatoms. The number of aliphatic hydroxyl groups is 1. The molecular formula is C16H21N5O2. The quantitative estimate of drug-likeness (QED) is 0.890. The molecule has 0 radical (unpaired) electrons. The van der Waals surface area contributed by atoms with Crippen LogP contribution in [-0.4, -0.2) is 49.0 Å². The van der Waals surface area contributed by atoms with E-state index >= 15 is 0 Å². The molecule has 0 amide bonds. The molecule has 0 aliphatic carbocycles. The first kappa shape index (κ1) is 14.6. The van der Waals surface area contributed by atoms with Crippen molar-refractivity contribution in [3.63, 3.8) is 0 Å². The molecule has 122 valence electrons. The zero-order valence-electron chi connectivity index (χ0n) is 13.5. The minimum Gasteiger partial charge on any atom is -0.472 e. The summed E-state index contributed by atoms with van der Waals surface area (Å²) in [6.45, 7) is 7.20. The number of fused-ring (bicyclic) bond motifs is 2. The maximum Gasteiger partial charge on any atom is 0.220 e. The van der Waals surface area contributed by atoms with Crippen LogP contribution in [0.1, 0.15) is 28.3 Å². The van der Waals surface area contributed by atoms with E-state index in [-0.39, 0.29) is 12.7 Å². The predicted molar refractivity (Wildman–Crippen MR) is 83.1 cm³/mol. The Morgan fingerprint density at radius 1 is 1.30 bits per heavy atom. The molecule has 0 fully saturated rings. The topological polar surface area (TPSA) is 76.3 Å². The molecule has 2 aromatic rings. The Morgan fingerprint density at radius 3 is 3.00 bits per heavy atom. The molecule has 7 nitrogen and oxygen atoms in total. The first-order valence-corrected chi connectivity index (χ1v) is 8.01. The Labute approximate surface area is 134 Å². The second kappa shape index (κ2) is 5.58. The van der Waals surface area contributed by atoms with Crippen LogP contribution in [0.25, 0.3) is 0 Å². The SMILES string of the molecule is Cc1nc(C)c2c(n1)O[C@@H](CN1Cc3cnn(CCO)c3C1)C2. The molecule has 1 atom stereocenters. The van der Waals surface area contributed by atoms with E-state index in [2.05, 4.69) is 20.0 Å². The van der Waals surface area contributed by atoms with Gasteiger partial charge in [-0.3, -0.25) is 9.58 Å². The van der Waals surface area contributed by atoms with Crippen molar-refractivity contribution in [2.24, 2.45) is 0 Å². The van der Waals surface area contributed by atoms with Crippen molar-refractivity contribution in [3.05, 3.63) is 34.5 Å². The third kappa shape index (κ3) is 2.60. The van der Waals surface area contributed by atoms with E-state index in [9.17, 15) is 0 Å². The van der Waals surface area contributed by atoms with Gasteiger partial charge in [0.15, 0.2) is 0 Å². The van der Waals surface area contributed by atoms with Crippen molar-refractivity contribution in [1.29, 1.82) is 0 Å². The number of aryl methyl sites for hydroxylation is 2. The van der Waals surface area contributed by atoms with Gasteiger partial charge in [-0.25, -0.2) is 4.98 Å². The summed E-state index contributed by atoms with van der Waals surface area (Å²) in [5.74, 6) is 1.52. The first-order valence-electron chi connectivity index (χ1n) is 8.01. The van der Waals surface area contributed by atoms with Gasteiger partial charge in [0.1, 0.15) is 11.9 Å². The molecule has 4 rings (SSSR count). The summed E-state index contributed by atoms with van der Waals surface area (Å²) in [7, 11) is 0. The number of hydrogen-bond donors (Lipinski definition) is 1. The second-order valence-electron chi connectivity index (χ2n) is 6.32. The molecule has 2 aliphatic heterocycles. The van der Waals surface area contributed by atoms with Gasteiger partial charge in [0.05, 0.1) is 25.0 Å². The number of rotatable bonds is 4. The number of nitrogens with zero attached hydrogens (tertiary/aromatic N) is 5. The Hall–Kier alpha value is -1.99. The van der Waals surface area contributed by atoms with Crippen LogP contribution in [0.3, 0.4) is 0 Å². The summed E-state index contributed by atoms with van der Waals surface area (Å²) in [5, 5.41) is 13.4. The van der Waals surface area contributed by atoms with E-state index in [0.717, 1.165) is 49.0 Å². The third-order valence-corrected chi connectivity index (χ3v) is 4.57. The van der Waals surface area contributed by atoms with Gasteiger partial charge >= 0.3 is 0 Å². The standard InChI is InChI=1S/C16H21N5O2/c1-10-14-5-13(23-16(14)19-11(2)18-10)8-20-7-12-6-17-21(3-4-22)15(12)9-20/h6,13,22H,3-5,7-9H2,1-2H3/t13-/m1/s1. The van der Waals surface area contributed by atoms with E-state index in [4.69, 9.17) is 9.84 Å². The van der Waals surface area contributed by atoms with E-state index in [1.807, 2.05) is 24.7 Å². The minimum absolute atomic E-state index is 0.118. The van der Waals surface area contributed by atoms with Crippen molar-refractivity contribution >= 4 is 0 Å². The van der Waals surface area contributed by atoms with Gasteiger partial charge < -0.3 is 9.84 Å². The van der Waals surface area contributed by atoms with Crippen molar-refractivity contribution in [2.75, 3.05) is 13.2 Å². The van der Waals surface area contributed by atoms with Crippen LogP contribution in [0.5, 0.6) is 5.88 Å². The lowest BCUT2D eigenvalue weighted by molar-refractivity contribution is 0.144. The molecular weight excluding hydrogens is 294 g/mol. The van der Waals surface area contributed by atoms with Crippen LogP contribution >= 0.6 is 0 Å². The zero-order valence-corrected chi connectivity index (χ0v) is 13.5. The van der Waals surface area contributed by atoms with E-state index < -0.39 is 0 Å². The van der Waals surface area contributed by atoms with E-state index in [0.29, 0.717) is 6.54 Å². The predicted octanol–water partition coefficient (Wildman–Crippen LogP) is 0.602. The Balaban J connectivity index is 1.42. The fourth-order valence-electron chi connectivity index (χ4n) is 3.54. The highest BCUT2D eigenvalue weighted by Crippen LogP contribution is 2.30. The van der Waals surface area contributed by atoms with Crippen LogP contribution < -0.4 is 4.74 Å². The lowest BCUT2D eigenvalue weighted by Crippen LogP contribution is -2.31. The third-order valence-electron chi connectivity index (χ3n) is 4.57. The van der Waals surface area contributed by atoms with Crippen molar-refractivity contribution in [2.45, 2.75) is 46.0 Å². The van der Waals surface area contributed by atoms with Crippen LogP contribution in [-0.2, 0) is 26.1 Å². The van der Waals surface area contributed by atoms with Gasteiger partial charge in [-0.15, -0.1) is 0 Å². The van der Waals surface area contributed by atoms with Crippen molar-refractivity contribution in [3.8, 4) is 5.88 Å². The number of aromatic nitrogens is 4. The van der Waals surface area contributed by atoms with Gasteiger partial charge in [-0.2, -0.15) is 10.1 Å². The molecule has 0 saturated heterocycles. The summed E-state index contributed by atoms with van der Waals surface area (Å²) in [6, 6.07) is 0. The van der Waals surface area contributed by atoms with Crippen LogP contribution in [0, 0.1) is 13.8 Å². The summed E-state index contributed by atoms with van der Waals surface area (Å²) < 4.78 is 7.93. The maximum atomic E-state index is 9.11. The molecule has 4 heterocycles. The fourth-order valence-corrected chi connectivity index (χ4v) is 3.54. The van der Waals surface area contributed by atoms with Crippen molar-refractivity contribution in [1.82, 2.24) is 24.6 Å². The van der Waals surface area contributed by atoms with Gasteiger partial charge in [0.2, 0.25) is 5.88 Å². The Morgan fingerprint density at radius 2 is 2.17 bits per heavy atom. The molecule has 2 aromatic heterocycles. The van der Waals surface area contributed by atoms with Crippen LogP contribution in [0.2, 0.25) is 0 Å². The van der Waals surface area contributed by atoms with Crippen LogP contribution in [0.15, 0.2) is 6.20 Å². The fraction of sp³-hybridized carbons (Fsp3) is 0.562. The average Bonchev–Trinajstić information content (AvgIpc) is 3.15. The van der Waals surface area contributed by atoms with Gasteiger partial charge in [0, 0.05) is 42.9 Å². The molecule has 1 N–H and O–H groups in total. The summed E-state index contributed by atoms with van der Waals surface area (Å²) in [5.41, 5.74) is 4.63. The Kier molecular flexibility index (Phi) is 3.54. The minimum atomic E-state index is 0.118. The number of aliphatic hydroxyl groups excluding tert-OH is 1. The first-order chi connectivity index (χ1) is 11.1. The number of hydrogen-bond acceptors (Lipinski definition) is 6. The Bertz CT molecular complexity index is 742. The molecule has 0 unspecified atom stereocenters. The lowest BCUT2D eigenvalue weighted by Gasteiger charge is -2.19. The average molecular weight is 315 g/mol. The second-order valence-corrected chi connectivity index (χ2v) is 6.32. The van der Waals surface area contributed by atoms with Gasteiger partial charge in [-0.05, 0) is 13.8 Å². The smallest absolute Gasteiger partial charge is 0.220 e. The monoisotopic (exact) mass is 315 g/mol. The van der Waals surface area contributed by atoms with E-state index in [1.54, 1.807) is 0 Å². The summed E-state index contributed by atoms with van der Waals surface area (Å²) in [6.07, 6.45) is 2.91. The molecule has 23 heavy (non-hydrogen) atoms. The summed E-state index contributed by atoms with van der Waals surface area (Å²) in [4.78, 5) is 11.2. The highest BCUT2D eigenvalue weighted by atomic mass is 16.5. The highest BCUT2D eigenvalue weighted by molar-refractivity contribution is 5.35. The lowest BCUT2D eigenvalue weighted by atomic mass is 10.1. The number of ether oxygens (including phenoxy) is 1. The molecule has 0 aromatic carbocycles. The maximum absolute atomic E-state index is 9.11. The molecule has 0 spiro atoms. The zero-order chi connectivity index (χ0) is 16.0. The summed E-state index contributed by atoms with van der Waals surface area (Å²) >= 11 is 0. The van der Waals surface area contributed by atoms with Crippen LogP contribution in [0.4, 0.5) is 0 Å². The molecule has 0 saturated carbocycles. The van der Waals surface area contributed by atoms with E-state index in [1.165, 1.54) is 11.3 Å². The highest BCUT2D eigenvalue weighted by Gasteiger charge is 2.31.